The monoisotopic (exact) mass is 370 g/mol. The van der Waals surface area contributed by atoms with Gasteiger partial charge in [-0.05, 0) is 51.2 Å². The highest BCUT2D eigenvalue weighted by Crippen LogP contribution is 2.28. The number of hydrogen-bond acceptors (Lipinski definition) is 4. The maximum atomic E-state index is 13.1. The molecule has 1 atom stereocenters. The number of furan rings is 1. The maximum Gasteiger partial charge on any atom is 0.274 e. The fourth-order valence-corrected chi connectivity index (χ4v) is 4.58. The Morgan fingerprint density at radius 3 is 2.85 bits per heavy atom. The summed E-state index contributed by atoms with van der Waals surface area (Å²) in [4.78, 5) is 14.8. The summed E-state index contributed by atoms with van der Waals surface area (Å²) in [6, 6.07) is 4.85. The van der Waals surface area contributed by atoms with Crippen molar-refractivity contribution in [3.05, 3.63) is 41.1 Å². The fourth-order valence-electron chi connectivity index (χ4n) is 4.58. The molecule has 1 amide bonds. The van der Waals surface area contributed by atoms with Crippen molar-refractivity contribution in [1.82, 2.24) is 20.0 Å². The average molecular weight is 370 g/mol. The smallest absolute Gasteiger partial charge is 0.274 e. The number of aromatic nitrogens is 2. The molecule has 1 N–H and O–H groups in total. The van der Waals surface area contributed by atoms with Crippen molar-refractivity contribution in [1.29, 1.82) is 0 Å². The molecule has 2 aromatic rings. The minimum atomic E-state index is -0.0173. The van der Waals surface area contributed by atoms with Crippen LogP contribution in [0.15, 0.2) is 22.8 Å². The lowest BCUT2D eigenvalue weighted by Crippen LogP contribution is -2.41. The second-order valence-corrected chi connectivity index (χ2v) is 7.92. The van der Waals surface area contributed by atoms with Gasteiger partial charge in [-0.25, -0.2) is 0 Å². The van der Waals surface area contributed by atoms with Crippen molar-refractivity contribution < 1.29 is 9.21 Å². The van der Waals surface area contributed by atoms with Crippen molar-refractivity contribution in [3.8, 4) is 0 Å². The summed E-state index contributed by atoms with van der Waals surface area (Å²) in [6.45, 7) is 3.36. The van der Waals surface area contributed by atoms with Gasteiger partial charge in [0.2, 0.25) is 0 Å². The Bertz CT molecular complexity index is 774. The standard InChI is InChI=1S/C21H30N4O2/c1-3-25-19-11-10-16(22-15-7-4-5-8-15)13-18(19)20(23-25)21(26)24(2)14-17-9-6-12-27-17/h6,9,12,15-16,22H,3-5,7-8,10-11,13-14H2,1-2H3. The van der Waals surface area contributed by atoms with E-state index in [1.165, 1.54) is 31.4 Å². The van der Waals surface area contributed by atoms with Gasteiger partial charge in [0.25, 0.3) is 5.91 Å². The molecule has 27 heavy (non-hydrogen) atoms. The topological polar surface area (TPSA) is 63.3 Å². The van der Waals surface area contributed by atoms with Crippen molar-refractivity contribution in [2.75, 3.05) is 7.05 Å². The van der Waals surface area contributed by atoms with E-state index in [-0.39, 0.29) is 5.91 Å². The first-order valence-electron chi connectivity index (χ1n) is 10.3. The number of hydrogen-bond donors (Lipinski definition) is 1. The molecule has 0 aliphatic heterocycles. The van der Waals surface area contributed by atoms with Crippen LogP contribution in [0.2, 0.25) is 0 Å². The quantitative estimate of drug-likeness (QED) is 0.848. The first-order valence-corrected chi connectivity index (χ1v) is 10.3. The zero-order valence-corrected chi connectivity index (χ0v) is 16.4. The van der Waals surface area contributed by atoms with Gasteiger partial charge < -0.3 is 14.6 Å². The first-order chi connectivity index (χ1) is 13.2. The van der Waals surface area contributed by atoms with Crippen molar-refractivity contribution in [2.24, 2.45) is 0 Å². The number of carbonyl (C=O) groups is 1. The second-order valence-electron chi connectivity index (χ2n) is 7.92. The normalized spacial score (nSPS) is 20.0. The molecule has 6 nitrogen and oxygen atoms in total. The minimum absolute atomic E-state index is 0.0173. The lowest BCUT2D eigenvalue weighted by molar-refractivity contribution is 0.0767. The maximum absolute atomic E-state index is 13.1. The fraction of sp³-hybridized carbons (Fsp3) is 0.619. The highest BCUT2D eigenvalue weighted by atomic mass is 16.3. The molecule has 6 heteroatoms. The van der Waals surface area contributed by atoms with Gasteiger partial charge in [0.1, 0.15) is 5.76 Å². The Hall–Kier alpha value is -2.08. The highest BCUT2D eigenvalue weighted by Gasteiger charge is 2.31. The lowest BCUT2D eigenvalue weighted by Gasteiger charge is -2.27. The molecule has 2 heterocycles. The Kier molecular flexibility index (Phi) is 5.34. The van der Waals surface area contributed by atoms with Crippen LogP contribution in [0.3, 0.4) is 0 Å². The van der Waals surface area contributed by atoms with Gasteiger partial charge >= 0.3 is 0 Å². The third kappa shape index (κ3) is 3.81. The van der Waals surface area contributed by atoms with Crippen LogP contribution in [-0.2, 0) is 25.9 Å². The van der Waals surface area contributed by atoms with E-state index in [2.05, 4.69) is 12.2 Å². The van der Waals surface area contributed by atoms with E-state index in [1.54, 1.807) is 11.2 Å². The molecule has 2 aliphatic rings. The number of nitrogens with one attached hydrogen (secondary N) is 1. The molecule has 1 saturated carbocycles. The molecule has 1 unspecified atom stereocenters. The van der Waals surface area contributed by atoms with Crippen molar-refractivity contribution in [2.45, 2.75) is 77.0 Å². The number of rotatable bonds is 6. The van der Waals surface area contributed by atoms with Crippen molar-refractivity contribution in [3.63, 3.8) is 0 Å². The molecule has 0 aromatic carbocycles. The van der Waals surface area contributed by atoms with E-state index >= 15 is 0 Å². The van der Waals surface area contributed by atoms with Crippen LogP contribution >= 0.6 is 0 Å². The minimum Gasteiger partial charge on any atom is -0.467 e. The van der Waals surface area contributed by atoms with Gasteiger partial charge in [0.05, 0.1) is 12.8 Å². The second kappa shape index (κ2) is 7.89. The van der Waals surface area contributed by atoms with E-state index < -0.39 is 0 Å². The Morgan fingerprint density at radius 2 is 2.15 bits per heavy atom. The Morgan fingerprint density at radius 1 is 1.33 bits per heavy atom. The van der Waals surface area contributed by atoms with E-state index in [1.807, 2.05) is 23.9 Å². The van der Waals surface area contributed by atoms with Crippen LogP contribution in [0.1, 0.15) is 66.5 Å². The number of fused-ring (bicyclic) bond motifs is 1. The molecule has 0 bridgehead atoms. The summed E-state index contributed by atoms with van der Waals surface area (Å²) >= 11 is 0. The van der Waals surface area contributed by atoms with E-state index in [0.717, 1.165) is 37.1 Å². The third-order valence-electron chi connectivity index (χ3n) is 6.00. The van der Waals surface area contributed by atoms with Gasteiger partial charge in [-0.2, -0.15) is 5.10 Å². The predicted octanol–water partition coefficient (Wildman–Crippen LogP) is 3.16. The molecule has 0 radical (unpaired) electrons. The van der Waals surface area contributed by atoms with Crippen LogP contribution in [-0.4, -0.2) is 39.7 Å². The first kappa shape index (κ1) is 18.3. The summed E-state index contributed by atoms with van der Waals surface area (Å²) in [5, 5.41) is 8.53. The molecule has 4 rings (SSSR count). The molecular weight excluding hydrogens is 340 g/mol. The summed E-state index contributed by atoms with van der Waals surface area (Å²) in [7, 11) is 1.82. The predicted molar refractivity (Wildman–Crippen MR) is 104 cm³/mol. The third-order valence-corrected chi connectivity index (χ3v) is 6.00. The van der Waals surface area contributed by atoms with Crippen LogP contribution in [0.25, 0.3) is 0 Å². The molecule has 2 aliphatic carbocycles. The summed E-state index contributed by atoms with van der Waals surface area (Å²) in [6.07, 6.45) is 9.92. The summed E-state index contributed by atoms with van der Waals surface area (Å²) in [5.74, 6) is 0.770. The van der Waals surface area contributed by atoms with Gasteiger partial charge in [0.15, 0.2) is 5.69 Å². The molecule has 0 spiro atoms. The molecular formula is C21H30N4O2. The molecule has 0 saturated heterocycles. The highest BCUT2D eigenvalue weighted by molar-refractivity contribution is 5.94. The van der Waals surface area contributed by atoms with Crippen LogP contribution in [0.4, 0.5) is 0 Å². The van der Waals surface area contributed by atoms with Crippen molar-refractivity contribution >= 4 is 5.91 Å². The summed E-state index contributed by atoms with van der Waals surface area (Å²) < 4.78 is 7.41. The SMILES string of the molecule is CCn1nc(C(=O)N(C)Cc2ccco2)c2c1CCC(NC1CCCC1)C2. The number of nitrogens with zero attached hydrogens (tertiary/aromatic N) is 3. The zero-order chi connectivity index (χ0) is 18.8. The van der Waals surface area contributed by atoms with Gasteiger partial charge in [0, 0.05) is 36.9 Å². The molecule has 1 fully saturated rings. The number of amides is 1. The summed E-state index contributed by atoms with van der Waals surface area (Å²) in [5.41, 5.74) is 3.02. The molecule has 2 aromatic heterocycles. The van der Waals surface area contributed by atoms with Crippen LogP contribution in [0, 0.1) is 0 Å². The molecule has 146 valence electrons. The van der Waals surface area contributed by atoms with E-state index in [4.69, 9.17) is 9.52 Å². The average Bonchev–Trinajstić information content (AvgIpc) is 3.42. The van der Waals surface area contributed by atoms with E-state index in [9.17, 15) is 4.79 Å². The largest absolute Gasteiger partial charge is 0.467 e. The van der Waals surface area contributed by atoms with Gasteiger partial charge in [-0.3, -0.25) is 9.48 Å². The zero-order valence-electron chi connectivity index (χ0n) is 16.4. The van der Waals surface area contributed by atoms with Crippen LogP contribution in [0.5, 0.6) is 0 Å². The van der Waals surface area contributed by atoms with Gasteiger partial charge in [-0.1, -0.05) is 12.8 Å². The Balaban J connectivity index is 1.52. The number of carbonyl (C=O) groups excluding carboxylic acids is 1. The van der Waals surface area contributed by atoms with E-state index in [0.29, 0.717) is 24.3 Å². The number of aryl methyl sites for hydroxylation is 1. The van der Waals surface area contributed by atoms with Gasteiger partial charge in [-0.15, -0.1) is 0 Å². The van der Waals surface area contributed by atoms with Crippen LogP contribution < -0.4 is 5.32 Å². The Labute approximate surface area is 160 Å². The lowest BCUT2D eigenvalue weighted by atomic mass is 9.90.